The summed E-state index contributed by atoms with van der Waals surface area (Å²) in [5.41, 5.74) is 0. The van der Waals surface area contributed by atoms with E-state index in [1.54, 1.807) is 6.08 Å². The second-order valence-electron chi connectivity index (χ2n) is 24.9. The Morgan fingerprint density at radius 1 is 0.342 bits per heavy atom. The number of esters is 1. The maximum atomic E-state index is 12.4. The first-order valence-electron chi connectivity index (χ1n) is 36.1. The average Bonchev–Trinajstić information content (AvgIpc) is 3.45. The lowest BCUT2D eigenvalue weighted by molar-refractivity contribution is -0.143. The van der Waals surface area contributed by atoms with Gasteiger partial charge in [-0.1, -0.05) is 359 Å². The monoisotopic (exact) mass is 1110 g/mol. The van der Waals surface area contributed by atoms with E-state index in [1.807, 2.05) is 6.08 Å². The topological polar surface area (TPSA) is 95.9 Å². The molecule has 0 aliphatic heterocycles. The summed E-state index contributed by atoms with van der Waals surface area (Å²) in [7, 11) is 0. The SMILES string of the molecule is CCCCCCCCCCC/C=C/C(O)C(CO)NC(=O)CCCCCCCCCCCCCCCCCC/C=C\CCCCCCCCCCCCCCOC(=O)CCCCCCCCCCCCCCCCCCCCC. The molecule has 0 radical (unpaired) electrons. The molecule has 0 rings (SSSR count). The second kappa shape index (κ2) is 68.8. The van der Waals surface area contributed by atoms with Crippen LogP contribution in [0.2, 0.25) is 0 Å². The fraction of sp³-hybridized carbons (Fsp3) is 0.918. The van der Waals surface area contributed by atoms with Gasteiger partial charge in [-0.05, 0) is 57.8 Å². The van der Waals surface area contributed by atoms with Crippen LogP contribution in [-0.2, 0) is 14.3 Å². The minimum atomic E-state index is -0.841. The molecule has 2 unspecified atom stereocenters. The highest BCUT2D eigenvalue weighted by atomic mass is 16.5. The zero-order valence-electron chi connectivity index (χ0n) is 53.6. The van der Waals surface area contributed by atoms with Crippen molar-refractivity contribution in [1.29, 1.82) is 0 Å². The van der Waals surface area contributed by atoms with Gasteiger partial charge < -0.3 is 20.3 Å². The van der Waals surface area contributed by atoms with Crippen LogP contribution in [0.15, 0.2) is 24.3 Å². The number of hydrogen-bond acceptors (Lipinski definition) is 5. The Balaban J connectivity index is 3.32. The highest BCUT2D eigenvalue weighted by Gasteiger charge is 2.18. The van der Waals surface area contributed by atoms with Gasteiger partial charge in [0.1, 0.15) is 0 Å². The molecule has 1 amide bonds. The standard InChI is InChI=1S/C73H141NO5/c1-3-5-7-9-11-13-15-16-17-18-33-37-40-43-47-51-55-59-63-67-73(78)79-68-64-60-56-52-48-44-41-38-35-32-30-28-26-24-22-20-19-21-23-25-27-29-31-34-36-39-42-46-50-54-58-62-66-72(77)74-70(69-75)71(76)65-61-57-53-49-45-14-12-10-8-6-4-2/h22,24,61,65,70-71,75-76H,3-21,23,25-60,62-64,66-69H2,1-2H3,(H,74,77)/b24-22-,65-61+. The van der Waals surface area contributed by atoms with Gasteiger partial charge in [-0.25, -0.2) is 0 Å². The first-order chi connectivity index (χ1) is 39.0. The van der Waals surface area contributed by atoms with Crippen molar-refractivity contribution in [2.75, 3.05) is 13.2 Å². The van der Waals surface area contributed by atoms with E-state index < -0.39 is 12.1 Å². The van der Waals surface area contributed by atoms with Crippen LogP contribution in [0.25, 0.3) is 0 Å². The Morgan fingerprint density at radius 2 is 0.595 bits per heavy atom. The third-order valence-electron chi connectivity index (χ3n) is 17.0. The summed E-state index contributed by atoms with van der Waals surface area (Å²) in [4.78, 5) is 24.6. The van der Waals surface area contributed by atoms with Gasteiger partial charge in [0.2, 0.25) is 5.91 Å². The average molecular weight is 1110 g/mol. The molecule has 0 aromatic carbocycles. The Kier molecular flexibility index (Phi) is 67.4. The van der Waals surface area contributed by atoms with Gasteiger partial charge >= 0.3 is 5.97 Å². The Labute approximate surface area is 494 Å². The van der Waals surface area contributed by atoms with E-state index in [0.717, 1.165) is 38.5 Å². The van der Waals surface area contributed by atoms with Gasteiger partial charge in [-0.15, -0.1) is 0 Å². The van der Waals surface area contributed by atoms with Gasteiger partial charge in [-0.2, -0.15) is 0 Å². The molecule has 0 aliphatic carbocycles. The van der Waals surface area contributed by atoms with Crippen LogP contribution in [-0.4, -0.2) is 47.4 Å². The molecule has 0 aromatic rings. The highest BCUT2D eigenvalue weighted by Crippen LogP contribution is 2.19. The largest absolute Gasteiger partial charge is 0.466 e. The van der Waals surface area contributed by atoms with Crippen LogP contribution in [0.4, 0.5) is 0 Å². The fourth-order valence-electron chi connectivity index (χ4n) is 11.5. The van der Waals surface area contributed by atoms with E-state index in [4.69, 9.17) is 4.74 Å². The lowest BCUT2D eigenvalue weighted by Crippen LogP contribution is -2.45. The van der Waals surface area contributed by atoms with Gasteiger partial charge in [-0.3, -0.25) is 9.59 Å². The number of rotatable bonds is 68. The van der Waals surface area contributed by atoms with Crippen LogP contribution in [0, 0.1) is 0 Å². The van der Waals surface area contributed by atoms with Crippen LogP contribution >= 0.6 is 0 Å². The summed E-state index contributed by atoms with van der Waals surface area (Å²) in [6.45, 7) is 4.93. The van der Waals surface area contributed by atoms with Gasteiger partial charge in [0.25, 0.3) is 0 Å². The first kappa shape index (κ1) is 77.3. The summed E-state index contributed by atoms with van der Waals surface area (Å²) in [6.07, 6.45) is 87.1. The molecule has 0 saturated carbocycles. The van der Waals surface area contributed by atoms with Gasteiger partial charge in [0.15, 0.2) is 0 Å². The molecule has 79 heavy (non-hydrogen) atoms. The van der Waals surface area contributed by atoms with Gasteiger partial charge in [0, 0.05) is 12.8 Å². The summed E-state index contributed by atoms with van der Waals surface area (Å²) < 4.78 is 5.52. The minimum Gasteiger partial charge on any atom is -0.466 e. The van der Waals surface area contributed by atoms with E-state index in [0.29, 0.717) is 19.4 Å². The number of aliphatic hydroxyl groups excluding tert-OH is 2. The molecule has 0 bridgehead atoms. The van der Waals surface area contributed by atoms with Crippen LogP contribution < -0.4 is 5.32 Å². The van der Waals surface area contributed by atoms with Crippen molar-refractivity contribution in [3.63, 3.8) is 0 Å². The lowest BCUT2D eigenvalue weighted by Gasteiger charge is -2.20. The lowest BCUT2D eigenvalue weighted by atomic mass is 10.0. The second-order valence-corrected chi connectivity index (χ2v) is 24.9. The van der Waals surface area contributed by atoms with Crippen LogP contribution in [0.1, 0.15) is 406 Å². The molecule has 3 N–H and O–H groups in total. The molecule has 468 valence electrons. The van der Waals surface area contributed by atoms with Crippen molar-refractivity contribution >= 4 is 11.9 Å². The Morgan fingerprint density at radius 3 is 0.899 bits per heavy atom. The number of hydrogen-bond donors (Lipinski definition) is 3. The molecule has 0 aliphatic rings. The molecule has 0 spiro atoms. The Hall–Kier alpha value is -1.66. The molecular weight excluding hydrogens is 971 g/mol. The van der Waals surface area contributed by atoms with E-state index in [9.17, 15) is 19.8 Å². The molecule has 2 atom stereocenters. The van der Waals surface area contributed by atoms with Crippen molar-refractivity contribution in [3.8, 4) is 0 Å². The number of allylic oxidation sites excluding steroid dienone is 3. The minimum absolute atomic E-state index is 0.0234. The third-order valence-corrected chi connectivity index (χ3v) is 17.0. The molecule has 0 fully saturated rings. The number of nitrogens with one attached hydrogen (secondary N) is 1. The zero-order valence-corrected chi connectivity index (χ0v) is 53.6. The molecular formula is C73H141NO5. The number of unbranched alkanes of at least 4 members (excludes halogenated alkanes) is 55. The molecule has 0 saturated heterocycles. The first-order valence-corrected chi connectivity index (χ1v) is 36.1. The van der Waals surface area contributed by atoms with Crippen molar-refractivity contribution in [2.24, 2.45) is 0 Å². The number of carbonyl (C=O) groups excluding carboxylic acids is 2. The maximum Gasteiger partial charge on any atom is 0.305 e. The predicted molar refractivity (Wildman–Crippen MR) is 347 cm³/mol. The molecule has 0 heterocycles. The quantitative estimate of drug-likeness (QED) is 0.0320. The van der Waals surface area contributed by atoms with Crippen molar-refractivity contribution < 1.29 is 24.5 Å². The number of aliphatic hydroxyl groups is 2. The van der Waals surface area contributed by atoms with E-state index >= 15 is 0 Å². The van der Waals surface area contributed by atoms with E-state index in [-0.39, 0.29) is 18.5 Å². The summed E-state index contributed by atoms with van der Waals surface area (Å²) in [5, 5.41) is 23.1. The molecule has 6 heteroatoms. The van der Waals surface area contributed by atoms with Crippen molar-refractivity contribution in [2.45, 2.75) is 418 Å². The summed E-state index contributed by atoms with van der Waals surface area (Å²) in [6, 6.07) is -0.624. The maximum absolute atomic E-state index is 12.4. The fourth-order valence-corrected chi connectivity index (χ4v) is 11.5. The van der Waals surface area contributed by atoms with Crippen molar-refractivity contribution in [3.05, 3.63) is 24.3 Å². The number of ether oxygens (including phenoxy) is 1. The van der Waals surface area contributed by atoms with Crippen molar-refractivity contribution in [1.82, 2.24) is 5.32 Å². The molecule has 0 aromatic heterocycles. The number of amides is 1. The highest BCUT2D eigenvalue weighted by molar-refractivity contribution is 5.76. The van der Waals surface area contributed by atoms with Crippen LogP contribution in [0.5, 0.6) is 0 Å². The van der Waals surface area contributed by atoms with E-state index in [1.165, 1.54) is 340 Å². The van der Waals surface area contributed by atoms with E-state index in [2.05, 4.69) is 31.3 Å². The summed E-state index contributed by atoms with van der Waals surface area (Å²) >= 11 is 0. The number of carbonyl (C=O) groups is 2. The Bertz CT molecular complexity index is 1230. The predicted octanol–water partition coefficient (Wildman–Crippen LogP) is 23.3. The summed E-state index contributed by atoms with van der Waals surface area (Å²) in [5.74, 6) is -0.0415. The van der Waals surface area contributed by atoms with Gasteiger partial charge in [0.05, 0.1) is 25.4 Å². The smallest absolute Gasteiger partial charge is 0.305 e. The normalized spacial score (nSPS) is 12.6. The third kappa shape index (κ3) is 65.4. The van der Waals surface area contributed by atoms with Crippen LogP contribution in [0.3, 0.4) is 0 Å². The molecule has 6 nitrogen and oxygen atoms in total. The zero-order chi connectivity index (χ0) is 57.1.